The van der Waals surface area contributed by atoms with Gasteiger partial charge in [-0.2, -0.15) is 0 Å². The molecular weight excluding hydrogens is 212 g/mol. The third-order valence-electron chi connectivity index (χ3n) is 1.87. The van der Waals surface area contributed by atoms with Crippen molar-refractivity contribution in [3.63, 3.8) is 0 Å². The average molecular weight is 223 g/mol. The third-order valence-corrected chi connectivity index (χ3v) is 2.20. The van der Waals surface area contributed by atoms with E-state index in [1.807, 2.05) is 0 Å². The van der Waals surface area contributed by atoms with Gasteiger partial charge < -0.3 is 5.73 Å². The van der Waals surface area contributed by atoms with Crippen LogP contribution >= 0.6 is 11.6 Å². The molecule has 4 heteroatoms. The summed E-state index contributed by atoms with van der Waals surface area (Å²) in [6.07, 6.45) is 2.07. The van der Waals surface area contributed by atoms with Crippen molar-refractivity contribution in [1.29, 1.82) is 0 Å². The highest BCUT2D eigenvalue weighted by atomic mass is 35.5. The fourth-order valence-corrected chi connectivity index (χ4v) is 1.38. The molecule has 1 rings (SSSR count). The van der Waals surface area contributed by atoms with Gasteiger partial charge in [-0.05, 0) is 6.07 Å². The number of halogens is 1. The molecule has 1 aromatic carbocycles. The van der Waals surface area contributed by atoms with Crippen LogP contribution < -0.4 is 5.73 Å². The Bertz CT molecular complexity index is 424. The zero-order valence-electron chi connectivity index (χ0n) is 8.27. The smallest absolute Gasteiger partial charge is 0.153 e. The van der Waals surface area contributed by atoms with Crippen LogP contribution in [0, 0.1) is 0 Å². The van der Waals surface area contributed by atoms with Gasteiger partial charge in [0, 0.05) is 23.8 Å². The first-order valence-electron chi connectivity index (χ1n) is 4.32. The summed E-state index contributed by atoms with van der Waals surface area (Å²) >= 11 is 5.95. The number of carbonyl (C=O) groups excluding carboxylic acids is 1. The zero-order valence-corrected chi connectivity index (χ0v) is 9.03. The summed E-state index contributed by atoms with van der Waals surface area (Å²) in [5.74, 6) is 0. The molecular formula is C11H11ClN2O. The van der Waals surface area contributed by atoms with Gasteiger partial charge in [0.15, 0.2) is 6.29 Å². The molecule has 1 aromatic rings. The van der Waals surface area contributed by atoms with E-state index in [1.165, 1.54) is 6.21 Å². The maximum atomic E-state index is 10.7. The summed E-state index contributed by atoms with van der Waals surface area (Å²) < 4.78 is 0. The quantitative estimate of drug-likeness (QED) is 0.483. The van der Waals surface area contributed by atoms with Gasteiger partial charge in [0.1, 0.15) is 0 Å². The van der Waals surface area contributed by atoms with Crippen LogP contribution in [-0.4, -0.2) is 19.5 Å². The van der Waals surface area contributed by atoms with Crippen molar-refractivity contribution in [3.05, 3.63) is 40.4 Å². The Balaban J connectivity index is 3.28. The third kappa shape index (κ3) is 2.67. The van der Waals surface area contributed by atoms with Gasteiger partial charge in [-0.25, -0.2) is 0 Å². The fraction of sp³-hybridized carbons (Fsp3) is 0.0909. The number of rotatable bonds is 3. The molecule has 0 fully saturated rings. The maximum Gasteiger partial charge on any atom is 0.153 e. The van der Waals surface area contributed by atoms with Crippen LogP contribution in [0.1, 0.15) is 5.56 Å². The molecule has 0 heterocycles. The number of nitrogens with two attached hydrogens (primary N) is 1. The highest BCUT2D eigenvalue weighted by Crippen LogP contribution is 2.21. The Hall–Kier alpha value is -1.61. The normalized spacial score (nSPS) is 12.7. The minimum atomic E-state index is 0.325. The predicted molar refractivity (Wildman–Crippen MR) is 63.0 cm³/mol. The highest BCUT2D eigenvalue weighted by molar-refractivity contribution is 6.32. The van der Waals surface area contributed by atoms with Crippen molar-refractivity contribution in [3.8, 4) is 0 Å². The van der Waals surface area contributed by atoms with Crippen LogP contribution in [-0.2, 0) is 4.79 Å². The highest BCUT2D eigenvalue weighted by Gasteiger charge is 2.06. The lowest BCUT2D eigenvalue weighted by atomic mass is 10.1. The molecule has 0 saturated heterocycles. The van der Waals surface area contributed by atoms with E-state index >= 15 is 0 Å². The molecule has 0 aliphatic carbocycles. The standard InChI is InChI=1S/C11H11ClN2O/c1-14-6-8(7-15)11(13)9-4-2-3-5-10(9)12/h2-7H,13H2,1H3. The molecule has 0 aliphatic heterocycles. The van der Waals surface area contributed by atoms with Crippen molar-refractivity contribution in [2.45, 2.75) is 0 Å². The maximum absolute atomic E-state index is 10.7. The number of hydrogen-bond acceptors (Lipinski definition) is 3. The Kier molecular flexibility index (Phi) is 4.06. The van der Waals surface area contributed by atoms with E-state index < -0.39 is 0 Å². The molecule has 15 heavy (non-hydrogen) atoms. The van der Waals surface area contributed by atoms with Gasteiger partial charge in [0.05, 0.1) is 11.3 Å². The summed E-state index contributed by atoms with van der Waals surface area (Å²) in [5.41, 5.74) is 7.11. The number of hydrogen-bond donors (Lipinski definition) is 1. The van der Waals surface area contributed by atoms with Crippen molar-refractivity contribution in [2.24, 2.45) is 10.7 Å². The first kappa shape index (κ1) is 11.5. The molecule has 0 bridgehead atoms. The van der Waals surface area contributed by atoms with E-state index in [-0.39, 0.29) is 0 Å². The molecule has 0 saturated carbocycles. The summed E-state index contributed by atoms with van der Waals surface area (Å²) in [6, 6.07) is 7.08. The largest absolute Gasteiger partial charge is 0.398 e. The van der Waals surface area contributed by atoms with Crippen LogP contribution in [0.25, 0.3) is 5.70 Å². The number of aliphatic imine (C=N–C) groups is 1. The molecule has 0 atom stereocenters. The van der Waals surface area contributed by atoms with Gasteiger partial charge in [-0.1, -0.05) is 29.8 Å². The predicted octanol–water partition coefficient (Wildman–Crippen LogP) is 1.91. The Morgan fingerprint density at radius 3 is 2.67 bits per heavy atom. The number of benzene rings is 1. The minimum absolute atomic E-state index is 0.325. The number of nitrogens with zero attached hydrogens (tertiary/aromatic N) is 1. The summed E-state index contributed by atoms with van der Waals surface area (Å²) in [6.45, 7) is 0. The van der Waals surface area contributed by atoms with Gasteiger partial charge in [-0.3, -0.25) is 9.79 Å². The topological polar surface area (TPSA) is 55.5 Å². The summed E-state index contributed by atoms with van der Waals surface area (Å²) in [7, 11) is 1.57. The zero-order chi connectivity index (χ0) is 11.3. The van der Waals surface area contributed by atoms with Crippen molar-refractivity contribution in [1.82, 2.24) is 0 Å². The lowest BCUT2D eigenvalue weighted by Gasteiger charge is -2.05. The molecule has 3 nitrogen and oxygen atoms in total. The molecule has 0 radical (unpaired) electrons. The second-order valence-corrected chi connectivity index (χ2v) is 3.26. The Morgan fingerprint density at radius 2 is 2.13 bits per heavy atom. The van der Waals surface area contributed by atoms with E-state index in [0.717, 1.165) is 0 Å². The van der Waals surface area contributed by atoms with E-state index in [1.54, 1.807) is 31.3 Å². The van der Waals surface area contributed by atoms with E-state index in [0.29, 0.717) is 28.1 Å². The van der Waals surface area contributed by atoms with E-state index in [4.69, 9.17) is 17.3 Å². The Morgan fingerprint density at radius 1 is 1.47 bits per heavy atom. The molecule has 0 unspecified atom stereocenters. The fourth-order valence-electron chi connectivity index (χ4n) is 1.14. The van der Waals surface area contributed by atoms with E-state index in [2.05, 4.69) is 4.99 Å². The molecule has 78 valence electrons. The van der Waals surface area contributed by atoms with Gasteiger partial charge >= 0.3 is 0 Å². The van der Waals surface area contributed by atoms with Crippen molar-refractivity contribution in [2.75, 3.05) is 7.05 Å². The molecule has 0 aromatic heterocycles. The van der Waals surface area contributed by atoms with Crippen molar-refractivity contribution < 1.29 is 4.79 Å². The minimum Gasteiger partial charge on any atom is -0.398 e. The number of aldehydes is 1. The monoisotopic (exact) mass is 222 g/mol. The molecule has 0 amide bonds. The first-order chi connectivity index (χ1) is 7.20. The summed E-state index contributed by atoms with van der Waals surface area (Å²) in [4.78, 5) is 14.5. The molecule has 0 aliphatic rings. The van der Waals surface area contributed by atoms with E-state index in [9.17, 15) is 4.79 Å². The lowest BCUT2D eigenvalue weighted by molar-refractivity contribution is -0.104. The second-order valence-electron chi connectivity index (χ2n) is 2.85. The average Bonchev–Trinajstić information content (AvgIpc) is 2.25. The first-order valence-corrected chi connectivity index (χ1v) is 4.70. The SMILES string of the molecule is CN=CC(C=O)=C(N)c1ccccc1Cl. The van der Waals surface area contributed by atoms with Crippen LogP contribution in [0.4, 0.5) is 0 Å². The second kappa shape index (κ2) is 5.32. The van der Waals surface area contributed by atoms with Crippen LogP contribution in [0.5, 0.6) is 0 Å². The molecule has 2 N–H and O–H groups in total. The van der Waals surface area contributed by atoms with Crippen LogP contribution in [0.2, 0.25) is 5.02 Å². The van der Waals surface area contributed by atoms with Gasteiger partial charge in [-0.15, -0.1) is 0 Å². The van der Waals surface area contributed by atoms with Crippen molar-refractivity contribution >= 4 is 29.8 Å². The lowest BCUT2D eigenvalue weighted by Crippen LogP contribution is -2.04. The number of carbonyl (C=O) groups is 1. The summed E-state index contributed by atoms with van der Waals surface area (Å²) in [5, 5.41) is 0.513. The Labute approximate surface area is 93.3 Å². The van der Waals surface area contributed by atoms with Crippen LogP contribution in [0.15, 0.2) is 34.8 Å². The van der Waals surface area contributed by atoms with Gasteiger partial charge in [0.2, 0.25) is 0 Å². The van der Waals surface area contributed by atoms with Gasteiger partial charge in [0.25, 0.3) is 0 Å². The molecule has 0 spiro atoms. The van der Waals surface area contributed by atoms with Crippen LogP contribution in [0.3, 0.4) is 0 Å². The number of allylic oxidation sites excluding steroid dienone is 1.